The zero-order chi connectivity index (χ0) is 24.1. The van der Waals surface area contributed by atoms with Crippen molar-refractivity contribution in [3.63, 3.8) is 0 Å². The number of aromatic nitrogens is 2. The maximum absolute atomic E-state index is 13.1. The molecule has 3 aromatic rings. The molecule has 1 amide bonds. The van der Waals surface area contributed by atoms with Crippen LogP contribution in [0.2, 0.25) is 0 Å². The van der Waals surface area contributed by atoms with E-state index in [0.29, 0.717) is 29.2 Å². The van der Waals surface area contributed by atoms with Crippen LogP contribution in [-0.4, -0.2) is 44.4 Å². The largest absolute Gasteiger partial charge is 0.448 e. The number of nitrogens with zero attached hydrogens (tertiary/aromatic N) is 3. The molecule has 10 heteroatoms. The van der Waals surface area contributed by atoms with Gasteiger partial charge in [0.05, 0.1) is 21.3 Å². The fourth-order valence-electron chi connectivity index (χ4n) is 3.71. The lowest BCUT2D eigenvalue weighted by Gasteiger charge is -2.28. The molecule has 0 aromatic carbocycles. The Labute approximate surface area is 205 Å². The Balaban J connectivity index is 1.74. The molecule has 0 spiro atoms. The van der Waals surface area contributed by atoms with Crippen LogP contribution in [0.1, 0.15) is 66.3 Å². The third-order valence-electron chi connectivity index (χ3n) is 4.93. The maximum Gasteiger partial charge on any atom is 0.420 e. The fraction of sp³-hybridized carbons (Fsp3) is 0.522. The third-order valence-corrected chi connectivity index (χ3v) is 6.41. The molecule has 0 aliphatic carbocycles. The number of thiophene rings is 1. The van der Waals surface area contributed by atoms with E-state index >= 15 is 0 Å². The SMILES string of the molecule is CC(C)(C)OC(=O)N1CCC[C@H]1c1nc(-c2cc3oc(Br)cc3s2)cn1C(=O)OC(C)(C)C. The highest BCUT2D eigenvalue weighted by Crippen LogP contribution is 2.39. The van der Waals surface area contributed by atoms with E-state index in [1.807, 2.05) is 53.7 Å². The molecule has 178 valence electrons. The molecule has 8 nitrogen and oxygen atoms in total. The number of carbonyl (C=O) groups excluding carboxylic acids is 2. The van der Waals surface area contributed by atoms with Gasteiger partial charge in [0.2, 0.25) is 0 Å². The number of rotatable bonds is 2. The molecule has 0 radical (unpaired) electrons. The van der Waals surface area contributed by atoms with Gasteiger partial charge >= 0.3 is 12.2 Å². The van der Waals surface area contributed by atoms with Crippen molar-refractivity contribution in [3.05, 3.63) is 28.8 Å². The summed E-state index contributed by atoms with van der Waals surface area (Å²) >= 11 is 4.86. The summed E-state index contributed by atoms with van der Waals surface area (Å²) in [7, 11) is 0. The van der Waals surface area contributed by atoms with E-state index in [9.17, 15) is 9.59 Å². The average molecular weight is 538 g/mol. The minimum Gasteiger partial charge on any atom is -0.448 e. The maximum atomic E-state index is 13.1. The first-order valence-corrected chi connectivity index (χ1v) is 12.4. The van der Waals surface area contributed by atoms with Crippen molar-refractivity contribution in [1.29, 1.82) is 0 Å². The molecule has 4 rings (SSSR count). The molecule has 3 aromatic heterocycles. The quantitative estimate of drug-likeness (QED) is 0.350. The Morgan fingerprint density at radius 3 is 2.42 bits per heavy atom. The standard InChI is InChI=1S/C23H28BrN3O5S/c1-22(2,3)31-20(28)26-9-7-8-14(26)19-25-13(12-27(19)21(29)32-23(4,5)6)16-10-15-17(33-16)11-18(24)30-15/h10-12,14H,7-9H2,1-6H3/t14-/m0/s1. The minimum absolute atomic E-state index is 0.391. The van der Waals surface area contributed by atoms with Crippen molar-refractivity contribution >= 4 is 49.7 Å². The van der Waals surface area contributed by atoms with E-state index in [-0.39, 0.29) is 0 Å². The van der Waals surface area contributed by atoms with E-state index in [1.54, 1.807) is 11.1 Å². The van der Waals surface area contributed by atoms with Gasteiger partial charge in [-0.2, -0.15) is 0 Å². The molecule has 0 N–H and O–H groups in total. The molecular weight excluding hydrogens is 510 g/mol. The van der Waals surface area contributed by atoms with E-state index < -0.39 is 29.4 Å². The summed E-state index contributed by atoms with van der Waals surface area (Å²) in [5.41, 5.74) is 0.0785. The summed E-state index contributed by atoms with van der Waals surface area (Å²) in [6, 6.07) is 3.41. The fourth-order valence-corrected chi connectivity index (χ4v) is 5.24. The van der Waals surface area contributed by atoms with Gasteiger partial charge in [-0.15, -0.1) is 11.3 Å². The molecule has 0 bridgehead atoms. The van der Waals surface area contributed by atoms with Crippen molar-refractivity contribution in [2.75, 3.05) is 6.54 Å². The second-order valence-corrected chi connectivity index (χ2v) is 11.9. The Hall–Kier alpha value is -2.33. The van der Waals surface area contributed by atoms with E-state index in [4.69, 9.17) is 18.9 Å². The number of hydrogen-bond donors (Lipinski definition) is 0. The monoisotopic (exact) mass is 537 g/mol. The summed E-state index contributed by atoms with van der Waals surface area (Å²) in [6.07, 6.45) is 2.20. The summed E-state index contributed by atoms with van der Waals surface area (Å²) < 4.78 is 19.9. The van der Waals surface area contributed by atoms with Crippen molar-refractivity contribution in [3.8, 4) is 10.6 Å². The predicted molar refractivity (Wildman–Crippen MR) is 130 cm³/mol. The Kier molecular flexibility index (Phi) is 6.11. The summed E-state index contributed by atoms with van der Waals surface area (Å²) in [5.74, 6) is 0.466. The Morgan fingerprint density at radius 2 is 1.79 bits per heavy atom. The van der Waals surface area contributed by atoms with Crippen LogP contribution >= 0.6 is 27.3 Å². The lowest BCUT2D eigenvalue weighted by molar-refractivity contribution is 0.0207. The molecule has 0 unspecified atom stereocenters. The van der Waals surface area contributed by atoms with Crippen LogP contribution in [0.5, 0.6) is 0 Å². The summed E-state index contributed by atoms with van der Waals surface area (Å²) in [6.45, 7) is 11.5. The van der Waals surface area contributed by atoms with Crippen LogP contribution < -0.4 is 0 Å². The first-order valence-electron chi connectivity index (χ1n) is 10.8. The first-order chi connectivity index (χ1) is 15.3. The van der Waals surface area contributed by atoms with Crippen molar-refractivity contribution in [1.82, 2.24) is 14.5 Å². The normalized spacial score (nSPS) is 17.1. The molecule has 1 saturated heterocycles. The van der Waals surface area contributed by atoms with Gasteiger partial charge in [-0.05, 0) is 70.3 Å². The predicted octanol–water partition coefficient (Wildman–Crippen LogP) is 6.98. The molecule has 1 fully saturated rings. The second kappa shape index (κ2) is 8.47. The third kappa shape index (κ3) is 5.27. The van der Waals surface area contributed by atoms with Gasteiger partial charge < -0.3 is 13.9 Å². The number of carbonyl (C=O) groups is 2. The number of amides is 1. The van der Waals surface area contributed by atoms with Crippen molar-refractivity contribution < 1.29 is 23.5 Å². The van der Waals surface area contributed by atoms with Crippen LogP contribution in [0.25, 0.3) is 20.9 Å². The zero-order valence-corrected chi connectivity index (χ0v) is 22.0. The van der Waals surface area contributed by atoms with Gasteiger partial charge in [0, 0.05) is 24.9 Å². The smallest absolute Gasteiger partial charge is 0.420 e. The lowest BCUT2D eigenvalue weighted by atomic mass is 10.2. The van der Waals surface area contributed by atoms with Crippen LogP contribution in [0.4, 0.5) is 9.59 Å². The minimum atomic E-state index is -0.672. The zero-order valence-electron chi connectivity index (χ0n) is 19.6. The van der Waals surface area contributed by atoms with E-state index in [1.165, 1.54) is 15.9 Å². The molecular formula is C23H28BrN3O5S. The van der Waals surface area contributed by atoms with Gasteiger partial charge in [0.1, 0.15) is 22.6 Å². The van der Waals surface area contributed by atoms with Gasteiger partial charge in [-0.25, -0.2) is 19.1 Å². The highest BCUT2D eigenvalue weighted by molar-refractivity contribution is 9.10. The number of likely N-dealkylation sites (tertiary alicyclic amines) is 1. The first kappa shape index (κ1) is 23.8. The average Bonchev–Trinajstić information content (AvgIpc) is 3.39. The van der Waals surface area contributed by atoms with Gasteiger partial charge in [0.15, 0.2) is 4.67 Å². The Morgan fingerprint density at radius 1 is 1.12 bits per heavy atom. The molecule has 1 aliphatic heterocycles. The number of halogens is 1. The van der Waals surface area contributed by atoms with Crippen molar-refractivity contribution in [2.45, 2.75) is 71.6 Å². The number of ether oxygens (including phenoxy) is 2. The second-order valence-electron chi connectivity index (χ2n) is 10.1. The van der Waals surface area contributed by atoms with Crippen LogP contribution in [-0.2, 0) is 9.47 Å². The molecule has 4 heterocycles. The molecule has 1 atom stereocenters. The van der Waals surface area contributed by atoms with E-state index in [0.717, 1.165) is 21.6 Å². The van der Waals surface area contributed by atoms with Crippen molar-refractivity contribution in [2.24, 2.45) is 0 Å². The van der Waals surface area contributed by atoms with E-state index in [2.05, 4.69) is 15.9 Å². The van der Waals surface area contributed by atoms with Crippen LogP contribution in [0.3, 0.4) is 0 Å². The number of hydrogen-bond acceptors (Lipinski definition) is 7. The van der Waals surface area contributed by atoms with Crippen LogP contribution in [0, 0.1) is 0 Å². The number of furan rings is 1. The highest BCUT2D eigenvalue weighted by Gasteiger charge is 2.37. The van der Waals surface area contributed by atoms with Crippen LogP contribution in [0.15, 0.2) is 27.4 Å². The molecule has 1 aliphatic rings. The molecule has 0 saturated carbocycles. The lowest BCUT2D eigenvalue weighted by Crippen LogP contribution is -2.38. The van der Waals surface area contributed by atoms with Gasteiger partial charge in [0.25, 0.3) is 0 Å². The summed E-state index contributed by atoms with van der Waals surface area (Å²) in [4.78, 5) is 33.3. The van der Waals surface area contributed by atoms with Gasteiger partial charge in [-0.1, -0.05) is 0 Å². The van der Waals surface area contributed by atoms with Gasteiger partial charge in [-0.3, -0.25) is 4.90 Å². The number of imidazole rings is 1. The Bertz CT molecular complexity index is 1170. The highest BCUT2D eigenvalue weighted by atomic mass is 79.9. The summed E-state index contributed by atoms with van der Waals surface area (Å²) in [5, 5.41) is 0. The molecule has 33 heavy (non-hydrogen) atoms. The topological polar surface area (TPSA) is 86.8 Å². The number of fused-ring (bicyclic) bond motifs is 1.